The molecule has 1 aliphatic heterocycles. The molecular weight excluding hydrogens is 376 g/mol. The van der Waals surface area contributed by atoms with Crippen LogP contribution in [0.4, 0.5) is 11.6 Å². The maximum Gasteiger partial charge on any atom is 0.227 e. The molecule has 0 saturated carbocycles. The van der Waals surface area contributed by atoms with E-state index in [9.17, 15) is 0 Å². The zero-order chi connectivity index (χ0) is 21.1. The van der Waals surface area contributed by atoms with Crippen LogP contribution in [-0.2, 0) is 18.3 Å². The van der Waals surface area contributed by atoms with Gasteiger partial charge >= 0.3 is 0 Å². The molecule has 1 saturated heterocycles. The topological polar surface area (TPSA) is 68.1 Å². The summed E-state index contributed by atoms with van der Waals surface area (Å²) in [6, 6.07) is 8.53. The fourth-order valence-corrected chi connectivity index (χ4v) is 3.75. The summed E-state index contributed by atoms with van der Waals surface area (Å²) < 4.78 is 7.64. The third kappa shape index (κ3) is 4.86. The Morgan fingerprint density at radius 3 is 2.87 bits per heavy atom. The van der Waals surface area contributed by atoms with Crippen molar-refractivity contribution in [1.29, 1.82) is 0 Å². The van der Waals surface area contributed by atoms with Crippen molar-refractivity contribution < 1.29 is 4.74 Å². The number of rotatable bonds is 6. The van der Waals surface area contributed by atoms with Gasteiger partial charge in [0.25, 0.3) is 0 Å². The van der Waals surface area contributed by atoms with Crippen molar-refractivity contribution in [3.05, 3.63) is 54.0 Å². The molecule has 1 unspecified atom stereocenters. The lowest BCUT2D eigenvalue weighted by molar-refractivity contribution is -0.0529. The van der Waals surface area contributed by atoms with Gasteiger partial charge in [0.05, 0.1) is 30.3 Å². The number of aryl methyl sites for hydroxylation is 2. The molecule has 30 heavy (non-hydrogen) atoms. The number of anilines is 2. The van der Waals surface area contributed by atoms with Crippen LogP contribution in [-0.4, -0.2) is 50.4 Å². The zero-order valence-electron chi connectivity index (χ0n) is 18.2. The number of nitrogens with one attached hydrogen (secondary N) is 1. The van der Waals surface area contributed by atoms with Gasteiger partial charge in [-0.15, -0.1) is 0 Å². The first-order valence-electron chi connectivity index (χ1n) is 10.5. The molecule has 7 nitrogen and oxygen atoms in total. The van der Waals surface area contributed by atoms with E-state index in [1.807, 2.05) is 19.3 Å². The van der Waals surface area contributed by atoms with Crippen LogP contribution in [0.25, 0.3) is 11.3 Å². The Kier molecular flexibility index (Phi) is 6.11. The van der Waals surface area contributed by atoms with E-state index < -0.39 is 0 Å². The fourth-order valence-electron chi connectivity index (χ4n) is 3.75. The highest BCUT2D eigenvalue weighted by atomic mass is 16.5. The lowest BCUT2D eigenvalue weighted by Crippen LogP contribution is -2.44. The molecule has 3 heterocycles. The van der Waals surface area contributed by atoms with E-state index in [0.717, 1.165) is 43.2 Å². The predicted molar refractivity (Wildman–Crippen MR) is 119 cm³/mol. The second kappa shape index (κ2) is 8.93. The van der Waals surface area contributed by atoms with Gasteiger partial charge < -0.3 is 10.1 Å². The average molecular weight is 407 g/mol. The molecule has 0 radical (unpaired) electrons. The molecule has 0 amide bonds. The Morgan fingerprint density at radius 2 is 2.13 bits per heavy atom. The summed E-state index contributed by atoms with van der Waals surface area (Å²) in [6.45, 7) is 10.4. The van der Waals surface area contributed by atoms with Gasteiger partial charge in [-0.25, -0.2) is 9.97 Å². The summed E-state index contributed by atoms with van der Waals surface area (Å²) in [5, 5.41) is 7.37. The Labute approximate surface area is 178 Å². The van der Waals surface area contributed by atoms with Crippen LogP contribution in [0.2, 0.25) is 0 Å². The quantitative estimate of drug-likeness (QED) is 0.672. The van der Waals surface area contributed by atoms with Gasteiger partial charge in [-0.1, -0.05) is 26.0 Å². The van der Waals surface area contributed by atoms with Crippen molar-refractivity contribution in [3.8, 4) is 11.3 Å². The number of ether oxygens (including phenoxy) is 1. The molecule has 1 fully saturated rings. The highest BCUT2D eigenvalue weighted by Gasteiger charge is 2.23. The Balaban J connectivity index is 1.47. The predicted octanol–water partition coefficient (Wildman–Crippen LogP) is 3.79. The number of aromatic nitrogens is 4. The molecule has 7 heteroatoms. The Morgan fingerprint density at radius 1 is 1.27 bits per heavy atom. The summed E-state index contributed by atoms with van der Waals surface area (Å²) in [6.07, 6.45) is 5.75. The van der Waals surface area contributed by atoms with Gasteiger partial charge in [-0.2, -0.15) is 5.10 Å². The lowest BCUT2D eigenvalue weighted by Gasteiger charge is -2.35. The number of nitrogens with zero attached hydrogens (tertiary/aromatic N) is 5. The van der Waals surface area contributed by atoms with Crippen LogP contribution in [0.1, 0.15) is 25.0 Å². The first-order valence-corrected chi connectivity index (χ1v) is 10.5. The maximum absolute atomic E-state index is 5.90. The number of morpholine rings is 1. The van der Waals surface area contributed by atoms with Crippen LogP contribution in [0, 0.1) is 12.8 Å². The molecule has 0 spiro atoms. The van der Waals surface area contributed by atoms with Gasteiger partial charge in [0, 0.05) is 44.6 Å². The van der Waals surface area contributed by atoms with Crippen molar-refractivity contribution in [3.63, 3.8) is 0 Å². The molecule has 1 aromatic carbocycles. The van der Waals surface area contributed by atoms with E-state index in [0.29, 0.717) is 18.0 Å². The third-order valence-electron chi connectivity index (χ3n) is 5.57. The molecule has 1 N–H and O–H groups in total. The maximum atomic E-state index is 5.90. The number of benzene rings is 1. The SMILES string of the molecule is Cc1cc(-c2ccnc(Nc3cnn(C)c3)n2)ccc1CN1CCOC(C(C)C)C1. The van der Waals surface area contributed by atoms with Crippen LogP contribution in [0.5, 0.6) is 0 Å². The summed E-state index contributed by atoms with van der Waals surface area (Å²) in [5.74, 6) is 1.11. The normalized spacial score (nSPS) is 17.4. The minimum atomic E-state index is 0.324. The summed E-state index contributed by atoms with van der Waals surface area (Å²) in [5.41, 5.74) is 5.49. The van der Waals surface area contributed by atoms with Crippen molar-refractivity contribution >= 4 is 11.6 Å². The minimum absolute atomic E-state index is 0.324. The number of hydrogen-bond donors (Lipinski definition) is 1. The molecular formula is C23H30N6O. The summed E-state index contributed by atoms with van der Waals surface area (Å²) in [7, 11) is 1.88. The Bertz CT molecular complexity index is 999. The molecule has 3 aromatic rings. The summed E-state index contributed by atoms with van der Waals surface area (Å²) >= 11 is 0. The second-order valence-electron chi connectivity index (χ2n) is 8.32. The van der Waals surface area contributed by atoms with Crippen LogP contribution < -0.4 is 5.32 Å². The van der Waals surface area contributed by atoms with Gasteiger partial charge in [0.1, 0.15) is 0 Å². The summed E-state index contributed by atoms with van der Waals surface area (Å²) in [4.78, 5) is 11.5. The van der Waals surface area contributed by atoms with E-state index in [1.54, 1.807) is 17.1 Å². The average Bonchev–Trinajstić information content (AvgIpc) is 3.14. The third-order valence-corrected chi connectivity index (χ3v) is 5.57. The molecule has 1 aliphatic rings. The molecule has 158 valence electrons. The van der Waals surface area contributed by atoms with E-state index in [1.165, 1.54) is 11.1 Å². The first kappa shape index (κ1) is 20.5. The largest absolute Gasteiger partial charge is 0.375 e. The monoisotopic (exact) mass is 406 g/mol. The van der Waals surface area contributed by atoms with E-state index in [2.05, 4.69) is 64.3 Å². The highest BCUT2D eigenvalue weighted by molar-refractivity contribution is 5.63. The Hall–Kier alpha value is -2.77. The van der Waals surface area contributed by atoms with E-state index >= 15 is 0 Å². The van der Waals surface area contributed by atoms with E-state index in [-0.39, 0.29) is 0 Å². The van der Waals surface area contributed by atoms with E-state index in [4.69, 9.17) is 4.74 Å². The van der Waals surface area contributed by atoms with Crippen molar-refractivity contribution in [2.45, 2.75) is 33.4 Å². The smallest absolute Gasteiger partial charge is 0.227 e. The molecule has 0 bridgehead atoms. The number of hydrogen-bond acceptors (Lipinski definition) is 6. The highest BCUT2D eigenvalue weighted by Crippen LogP contribution is 2.24. The first-order chi connectivity index (χ1) is 14.5. The lowest BCUT2D eigenvalue weighted by atomic mass is 10.0. The van der Waals surface area contributed by atoms with Crippen molar-refractivity contribution in [2.75, 3.05) is 25.0 Å². The molecule has 2 aromatic heterocycles. The van der Waals surface area contributed by atoms with Crippen molar-refractivity contribution in [1.82, 2.24) is 24.6 Å². The van der Waals surface area contributed by atoms with Crippen LogP contribution >= 0.6 is 0 Å². The zero-order valence-corrected chi connectivity index (χ0v) is 18.2. The molecule has 0 aliphatic carbocycles. The van der Waals surface area contributed by atoms with Crippen LogP contribution in [0.15, 0.2) is 42.9 Å². The molecule has 4 rings (SSSR count). The van der Waals surface area contributed by atoms with Gasteiger partial charge in [0.15, 0.2) is 0 Å². The van der Waals surface area contributed by atoms with Crippen molar-refractivity contribution in [2.24, 2.45) is 13.0 Å². The van der Waals surface area contributed by atoms with Gasteiger partial charge in [-0.05, 0) is 36.1 Å². The second-order valence-corrected chi connectivity index (χ2v) is 8.32. The fraction of sp³-hybridized carbons (Fsp3) is 0.435. The standard InChI is InChI=1S/C23H30N6O/c1-16(2)22-15-29(9-10-30-22)13-19-6-5-18(11-17(19)3)21-7-8-24-23(27-21)26-20-12-25-28(4)14-20/h5-8,11-12,14,16,22H,9-10,13,15H2,1-4H3,(H,24,26,27). The minimum Gasteiger partial charge on any atom is -0.375 e. The van der Waals surface area contributed by atoms with Gasteiger partial charge in [-0.3, -0.25) is 9.58 Å². The van der Waals surface area contributed by atoms with Gasteiger partial charge in [0.2, 0.25) is 5.95 Å². The van der Waals surface area contributed by atoms with Crippen LogP contribution in [0.3, 0.4) is 0 Å². The molecule has 1 atom stereocenters.